The highest BCUT2D eigenvalue weighted by atomic mass is 19.1. The summed E-state index contributed by atoms with van der Waals surface area (Å²) in [6.07, 6.45) is 0.861. The molecule has 1 aliphatic heterocycles. The van der Waals surface area contributed by atoms with Crippen LogP contribution < -0.4 is 4.74 Å². The monoisotopic (exact) mass is 440 g/mol. The molecule has 1 N–H and O–H groups in total. The van der Waals surface area contributed by atoms with E-state index in [0.29, 0.717) is 24.5 Å². The number of hydrogen-bond acceptors (Lipinski definition) is 5. The molecule has 170 valence electrons. The average Bonchev–Trinajstić information content (AvgIpc) is 3.01. The molecule has 3 rings (SSSR count). The summed E-state index contributed by atoms with van der Waals surface area (Å²) in [5.41, 5.74) is 1.22. The van der Waals surface area contributed by atoms with E-state index in [1.165, 1.54) is 17.0 Å². The highest BCUT2D eigenvalue weighted by Crippen LogP contribution is 2.40. The number of aliphatic hydroxyl groups is 1. The zero-order valence-electron chi connectivity index (χ0n) is 18.9. The lowest BCUT2D eigenvalue weighted by molar-refractivity contribution is -0.140. The number of carbonyl (C=O) groups excluding carboxylic acids is 2. The molecular weight excluding hydrogens is 411 g/mol. The number of benzene rings is 2. The molecule has 0 aliphatic carbocycles. The molecule has 1 aliphatic rings. The number of carbonyl (C=O) groups is 2. The van der Waals surface area contributed by atoms with Gasteiger partial charge < -0.3 is 19.6 Å². The fourth-order valence-corrected chi connectivity index (χ4v) is 3.76. The summed E-state index contributed by atoms with van der Waals surface area (Å²) in [5.74, 6) is -1.76. The molecule has 6 nitrogen and oxygen atoms in total. The van der Waals surface area contributed by atoms with Crippen molar-refractivity contribution in [2.24, 2.45) is 0 Å². The lowest BCUT2D eigenvalue weighted by Crippen LogP contribution is -2.35. The van der Waals surface area contributed by atoms with Crippen molar-refractivity contribution < 1.29 is 23.8 Å². The van der Waals surface area contributed by atoms with E-state index in [0.717, 1.165) is 12.0 Å². The number of likely N-dealkylation sites (tertiary alicyclic amines) is 1. The van der Waals surface area contributed by atoms with Gasteiger partial charge >= 0.3 is 0 Å². The minimum absolute atomic E-state index is 0.111. The first kappa shape index (κ1) is 23.5. The third-order valence-electron chi connectivity index (χ3n) is 5.44. The van der Waals surface area contributed by atoms with Crippen molar-refractivity contribution >= 4 is 17.4 Å². The normalized spacial score (nSPS) is 17.9. The second-order valence-electron chi connectivity index (χ2n) is 8.15. The van der Waals surface area contributed by atoms with E-state index < -0.39 is 23.5 Å². The van der Waals surface area contributed by atoms with E-state index in [-0.39, 0.29) is 23.4 Å². The summed E-state index contributed by atoms with van der Waals surface area (Å²) in [7, 11) is 3.69. The minimum atomic E-state index is -1.01. The van der Waals surface area contributed by atoms with E-state index in [1.807, 2.05) is 32.8 Å². The maximum absolute atomic E-state index is 14.8. The van der Waals surface area contributed by atoms with Gasteiger partial charge in [-0.25, -0.2) is 4.39 Å². The second-order valence-corrected chi connectivity index (χ2v) is 8.15. The van der Waals surface area contributed by atoms with Crippen LogP contribution in [0.5, 0.6) is 5.75 Å². The second kappa shape index (κ2) is 9.96. The highest BCUT2D eigenvalue weighted by molar-refractivity contribution is 6.46. The first-order valence-electron chi connectivity index (χ1n) is 10.7. The molecule has 1 fully saturated rings. The molecule has 1 atom stereocenters. The summed E-state index contributed by atoms with van der Waals surface area (Å²) in [4.78, 5) is 29.1. The molecule has 1 amide bonds. The van der Waals surface area contributed by atoms with Crippen molar-refractivity contribution in [1.82, 2.24) is 9.80 Å². The highest BCUT2D eigenvalue weighted by Gasteiger charge is 2.46. The van der Waals surface area contributed by atoms with E-state index in [4.69, 9.17) is 4.74 Å². The summed E-state index contributed by atoms with van der Waals surface area (Å²) in [5, 5.41) is 11.1. The molecule has 1 heterocycles. The molecule has 32 heavy (non-hydrogen) atoms. The Morgan fingerprint density at radius 1 is 1.19 bits per heavy atom. The first-order valence-corrected chi connectivity index (χ1v) is 10.7. The number of hydrogen-bond donors (Lipinski definition) is 1. The molecule has 0 spiro atoms. The molecule has 0 aromatic heterocycles. The number of halogens is 1. The van der Waals surface area contributed by atoms with Crippen LogP contribution >= 0.6 is 0 Å². The molecule has 2 aromatic carbocycles. The Morgan fingerprint density at radius 3 is 2.53 bits per heavy atom. The van der Waals surface area contributed by atoms with Crippen LogP contribution in [-0.2, 0) is 9.59 Å². The van der Waals surface area contributed by atoms with Gasteiger partial charge in [0.15, 0.2) is 0 Å². The summed E-state index contributed by atoms with van der Waals surface area (Å²) < 4.78 is 20.4. The molecule has 0 bridgehead atoms. The maximum Gasteiger partial charge on any atom is 0.295 e. The van der Waals surface area contributed by atoms with Gasteiger partial charge in [0.2, 0.25) is 0 Å². The number of amides is 1. The van der Waals surface area contributed by atoms with Crippen LogP contribution in [0.3, 0.4) is 0 Å². The van der Waals surface area contributed by atoms with Crippen LogP contribution in [0.2, 0.25) is 0 Å². The van der Waals surface area contributed by atoms with E-state index in [9.17, 15) is 19.1 Å². The molecular formula is C25H29FN2O4. The predicted octanol–water partition coefficient (Wildman–Crippen LogP) is 3.91. The summed E-state index contributed by atoms with van der Waals surface area (Å²) >= 11 is 0. The average molecular weight is 441 g/mol. The standard InChI is InChI=1S/C25H29FN2O4/c1-5-14-32-20-11-10-17(15-16(20)2)23(29)21-22(18-8-6-7-9-19(18)26)28(13-12-27(3)4)25(31)24(21)30/h6-11,15,22,29H,5,12-14H2,1-4H3/b23-21+. The fourth-order valence-electron chi connectivity index (χ4n) is 3.76. The first-order chi connectivity index (χ1) is 15.3. The number of likely N-dealkylation sites (N-methyl/N-ethyl adjacent to an activating group) is 1. The van der Waals surface area contributed by atoms with Gasteiger partial charge in [0, 0.05) is 24.2 Å². The SMILES string of the molecule is CCCOc1ccc(/C(O)=C2\C(=O)C(=O)N(CCN(C)C)C2c2ccccc2F)cc1C. The Bertz CT molecular complexity index is 1050. The molecule has 1 saturated heterocycles. The zero-order chi connectivity index (χ0) is 23.4. The predicted molar refractivity (Wildman–Crippen MR) is 121 cm³/mol. The van der Waals surface area contributed by atoms with Gasteiger partial charge in [-0.05, 0) is 57.3 Å². The van der Waals surface area contributed by atoms with Crippen LogP contribution in [0.25, 0.3) is 5.76 Å². The van der Waals surface area contributed by atoms with Crippen molar-refractivity contribution in [3.05, 3.63) is 70.5 Å². The van der Waals surface area contributed by atoms with Gasteiger partial charge in [-0.15, -0.1) is 0 Å². The Balaban J connectivity index is 2.11. The van der Waals surface area contributed by atoms with Crippen LogP contribution in [0.4, 0.5) is 4.39 Å². The van der Waals surface area contributed by atoms with E-state index in [1.54, 1.807) is 30.3 Å². The smallest absolute Gasteiger partial charge is 0.295 e. The third-order valence-corrected chi connectivity index (χ3v) is 5.44. The number of aliphatic hydroxyl groups excluding tert-OH is 1. The molecule has 7 heteroatoms. The molecule has 1 unspecified atom stereocenters. The Morgan fingerprint density at radius 2 is 1.91 bits per heavy atom. The lowest BCUT2D eigenvalue weighted by Gasteiger charge is -2.26. The summed E-state index contributed by atoms with van der Waals surface area (Å²) in [6, 6.07) is 10.1. The number of nitrogens with zero attached hydrogens (tertiary/aromatic N) is 2. The van der Waals surface area contributed by atoms with Crippen LogP contribution in [0, 0.1) is 12.7 Å². The Labute approximate surface area is 187 Å². The number of ketones is 1. The minimum Gasteiger partial charge on any atom is -0.507 e. The molecule has 2 aromatic rings. The summed E-state index contributed by atoms with van der Waals surface area (Å²) in [6.45, 7) is 5.12. The fraction of sp³-hybridized carbons (Fsp3) is 0.360. The van der Waals surface area contributed by atoms with Crippen molar-refractivity contribution in [3.8, 4) is 5.75 Å². The molecule has 0 radical (unpaired) electrons. The van der Waals surface area contributed by atoms with Crippen LogP contribution in [0.1, 0.15) is 36.1 Å². The van der Waals surface area contributed by atoms with Crippen molar-refractivity contribution in [2.45, 2.75) is 26.3 Å². The maximum atomic E-state index is 14.8. The Kier molecular flexibility index (Phi) is 7.30. The topological polar surface area (TPSA) is 70.1 Å². The lowest BCUT2D eigenvalue weighted by atomic mass is 9.94. The third kappa shape index (κ3) is 4.67. The Hall–Kier alpha value is -3.19. The van der Waals surface area contributed by atoms with Crippen molar-refractivity contribution in [3.63, 3.8) is 0 Å². The van der Waals surface area contributed by atoms with E-state index >= 15 is 0 Å². The number of rotatable bonds is 8. The van der Waals surface area contributed by atoms with Crippen LogP contribution in [-0.4, -0.2) is 60.4 Å². The van der Waals surface area contributed by atoms with Gasteiger partial charge in [0.1, 0.15) is 17.3 Å². The van der Waals surface area contributed by atoms with Crippen LogP contribution in [0.15, 0.2) is 48.0 Å². The van der Waals surface area contributed by atoms with Gasteiger partial charge in [0.25, 0.3) is 11.7 Å². The number of Topliss-reactive ketones (excluding diaryl/α,β-unsaturated/α-hetero) is 1. The number of aryl methyl sites for hydroxylation is 1. The van der Waals surface area contributed by atoms with E-state index in [2.05, 4.69) is 0 Å². The quantitative estimate of drug-likeness (QED) is 0.383. The largest absolute Gasteiger partial charge is 0.507 e. The number of ether oxygens (including phenoxy) is 1. The van der Waals surface area contributed by atoms with Gasteiger partial charge in [-0.1, -0.05) is 25.1 Å². The van der Waals surface area contributed by atoms with Gasteiger partial charge in [-0.2, -0.15) is 0 Å². The zero-order valence-corrected chi connectivity index (χ0v) is 18.9. The van der Waals surface area contributed by atoms with Gasteiger partial charge in [0.05, 0.1) is 18.2 Å². The van der Waals surface area contributed by atoms with Crippen molar-refractivity contribution in [1.29, 1.82) is 0 Å². The van der Waals surface area contributed by atoms with Crippen molar-refractivity contribution in [2.75, 3.05) is 33.8 Å². The molecule has 0 saturated carbocycles. The van der Waals surface area contributed by atoms with Gasteiger partial charge in [-0.3, -0.25) is 9.59 Å².